The molecule has 2 aromatic rings. The van der Waals surface area contributed by atoms with Gasteiger partial charge in [-0.1, -0.05) is 37.3 Å². The molecule has 0 saturated heterocycles. The Kier molecular flexibility index (Phi) is 5.32. The molecule has 0 aliphatic heterocycles. The third kappa shape index (κ3) is 4.31. The Morgan fingerprint density at radius 3 is 2.57 bits per heavy atom. The molecule has 1 atom stereocenters. The molecule has 110 valence electrons. The molecule has 1 heterocycles. The number of benzene rings is 1. The third-order valence-corrected chi connectivity index (χ3v) is 3.51. The first kappa shape index (κ1) is 15.0. The topological polar surface area (TPSA) is 54.0 Å². The van der Waals surface area contributed by atoms with Crippen molar-refractivity contribution in [1.29, 1.82) is 0 Å². The average Bonchev–Trinajstić information content (AvgIpc) is 2.55. The van der Waals surface area contributed by atoms with Gasteiger partial charge in [-0.2, -0.15) is 0 Å². The molecule has 4 nitrogen and oxygen atoms in total. The molecule has 2 N–H and O–H groups in total. The number of hydrogen-bond acceptors (Lipinski definition) is 3. The minimum Gasteiger partial charge on any atom is -0.373 e. The molecular formula is C17H21N3O. The minimum absolute atomic E-state index is 0.0783. The molecule has 1 amide bonds. The van der Waals surface area contributed by atoms with Gasteiger partial charge in [-0.05, 0) is 30.0 Å². The van der Waals surface area contributed by atoms with Gasteiger partial charge in [0.25, 0.3) is 5.91 Å². The van der Waals surface area contributed by atoms with E-state index in [4.69, 9.17) is 0 Å². The summed E-state index contributed by atoms with van der Waals surface area (Å²) < 4.78 is 0. The smallest absolute Gasteiger partial charge is 0.252 e. The van der Waals surface area contributed by atoms with E-state index in [1.807, 2.05) is 18.2 Å². The van der Waals surface area contributed by atoms with Gasteiger partial charge in [-0.3, -0.25) is 4.79 Å². The number of hydrogen-bond donors (Lipinski definition) is 2. The number of aromatic nitrogens is 1. The van der Waals surface area contributed by atoms with E-state index in [9.17, 15) is 4.79 Å². The van der Waals surface area contributed by atoms with Crippen molar-refractivity contribution in [2.45, 2.75) is 19.3 Å². The Morgan fingerprint density at radius 1 is 1.19 bits per heavy atom. The van der Waals surface area contributed by atoms with Crippen LogP contribution in [0.4, 0.5) is 5.82 Å². The number of nitrogens with one attached hydrogen (secondary N) is 2. The van der Waals surface area contributed by atoms with Gasteiger partial charge in [0.15, 0.2) is 0 Å². The second-order valence-electron chi connectivity index (χ2n) is 5.04. The van der Waals surface area contributed by atoms with Crippen LogP contribution in [-0.2, 0) is 0 Å². The van der Waals surface area contributed by atoms with Crippen molar-refractivity contribution in [2.24, 2.45) is 0 Å². The molecule has 21 heavy (non-hydrogen) atoms. The van der Waals surface area contributed by atoms with Crippen molar-refractivity contribution in [3.63, 3.8) is 0 Å². The number of rotatable bonds is 6. The molecule has 0 spiro atoms. The molecule has 4 heteroatoms. The Bertz CT molecular complexity index is 566. The summed E-state index contributed by atoms with van der Waals surface area (Å²) in [5.74, 6) is 1.10. The molecule has 2 rings (SSSR count). The van der Waals surface area contributed by atoms with Gasteiger partial charge in [-0.15, -0.1) is 0 Å². The summed E-state index contributed by atoms with van der Waals surface area (Å²) >= 11 is 0. The third-order valence-electron chi connectivity index (χ3n) is 3.51. The van der Waals surface area contributed by atoms with Gasteiger partial charge in [0.2, 0.25) is 0 Å². The Labute approximate surface area is 125 Å². The van der Waals surface area contributed by atoms with Crippen LogP contribution in [0.25, 0.3) is 0 Å². The van der Waals surface area contributed by atoms with Crippen LogP contribution in [0.3, 0.4) is 0 Å². The van der Waals surface area contributed by atoms with Gasteiger partial charge in [0, 0.05) is 19.8 Å². The van der Waals surface area contributed by atoms with Crippen LogP contribution in [0.1, 0.15) is 35.2 Å². The molecular weight excluding hydrogens is 262 g/mol. The van der Waals surface area contributed by atoms with Gasteiger partial charge in [-0.25, -0.2) is 4.98 Å². The molecule has 1 aromatic carbocycles. The zero-order valence-electron chi connectivity index (χ0n) is 12.5. The predicted molar refractivity (Wildman–Crippen MR) is 85.6 cm³/mol. The maximum Gasteiger partial charge on any atom is 0.252 e. The second kappa shape index (κ2) is 7.43. The first-order chi connectivity index (χ1) is 10.2. The monoisotopic (exact) mass is 283 g/mol. The fourth-order valence-electron chi connectivity index (χ4n) is 2.13. The lowest BCUT2D eigenvalue weighted by Gasteiger charge is -2.12. The van der Waals surface area contributed by atoms with Crippen LogP contribution in [0, 0.1) is 0 Å². The highest BCUT2D eigenvalue weighted by Crippen LogP contribution is 2.17. The van der Waals surface area contributed by atoms with Crippen LogP contribution in [-0.4, -0.2) is 24.5 Å². The molecule has 1 aromatic heterocycles. The van der Waals surface area contributed by atoms with Gasteiger partial charge < -0.3 is 10.6 Å². The summed E-state index contributed by atoms with van der Waals surface area (Å²) in [6.07, 6.45) is 2.50. The lowest BCUT2D eigenvalue weighted by atomic mass is 9.98. The molecule has 1 unspecified atom stereocenters. The van der Waals surface area contributed by atoms with Gasteiger partial charge >= 0.3 is 0 Å². The highest BCUT2D eigenvalue weighted by Gasteiger charge is 2.08. The summed E-state index contributed by atoms with van der Waals surface area (Å²) in [6.45, 7) is 2.83. The van der Waals surface area contributed by atoms with E-state index >= 15 is 0 Å². The quantitative estimate of drug-likeness (QED) is 0.856. The molecule has 0 saturated carbocycles. The Hall–Kier alpha value is -2.36. The van der Waals surface area contributed by atoms with E-state index in [1.54, 1.807) is 25.4 Å². The zero-order valence-corrected chi connectivity index (χ0v) is 12.5. The predicted octanol–water partition coefficient (Wildman–Crippen LogP) is 3.05. The molecule has 0 aliphatic carbocycles. The fourth-order valence-corrected chi connectivity index (χ4v) is 2.13. The van der Waals surface area contributed by atoms with E-state index in [0.29, 0.717) is 18.0 Å². The van der Waals surface area contributed by atoms with Crippen LogP contribution >= 0.6 is 0 Å². The number of carbonyl (C=O) groups is 1. The van der Waals surface area contributed by atoms with Crippen LogP contribution in [0.5, 0.6) is 0 Å². The average molecular weight is 283 g/mol. The summed E-state index contributed by atoms with van der Waals surface area (Å²) in [4.78, 5) is 16.1. The number of pyridine rings is 1. The van der Waals surface area contributed by atoms with Gasteiger partial charge in [0.1, 0.15) is 5.82 Å². The largest absolute Gasteiger partial charge is 0.373 e. The summed E-state index contributed by atoms with van der Waals surface area (Å²) in [6, 6.07) is 13.9. The van der Waals surface area contributed by atoms with Crippen LogP contribution in [0.15, 0.2) is 48.7 Å². The maximum atomic E-state index is 12.0. The van der Waals surface area contributed by atoms with Crippen LogP contribution < -0.4 is 10.6 Å². The molecule has 0 aliphatic rings. The Morgan fingerprint density at radius 2 is 1.95 bits per heavy atom. The van der Waals surface area contributed by atoms with Crippen molar-refractivity contribution in [3.8, 4) is 0 Å². The number of nitrogens with zero attached hydrogens (tertiary/aromatic N) is 1. The zero-order chi connectivity index (χ0) is 15.1. The van der Waals surface area contributed by atoms with E-state index in [1.165, 1.54) is 5.56 Å². The van der Waals surface area contributed by atoms with E-state index in [2.05, 4.69) is 34.7 Å². The normalized spacial score (nSPS) is 11.7. The highest BCUT2D eigenvalue weighted by molar-refractivity contribution is 5.94. The van der Waals surface area contributed by atoms with E-state index < -0.39 is 0 Å². The lowest BCUT2D eigenvalue weighted by molar-refractivity contribution is 0.0952. The van der Waals surface area contributed by atoms with Crippen LogP contribution in [0.2, 0.25) is 0 Å². The van der Waals surface area contributed by atoms with Crippen molar-refractivity contribution < 1.29 is 4.79 Å². The Balaban J connectivity index is 1.81. The SMILES string of the molecule is CNc1ccc(C(=O)NCCC(C)c2ccccc2)cn1. The molecule has 0 radical (unpaired) electrons. The standard InChI is InChI=1S/C17H21N3O/c1-13(14-6-4-3-5-7-14)10-11-19-17(21)15-8-9-16(18-2)20-12-15/h3-9,12-13H,10-11H2,1-2H3,(H,18,20)(H,19,21). The highest BCUT2D eigenvalue weighted by atomic mass is 16.1. The van der Waals surface area contributed by atoms with Crippen molar-refractivity contribution >= 4 is 11.7 Å². The molecule has 0 fully saturated rings. The number of carbonyl (C=O) groups excluding carboxylic acids is 1. The summed E-state index contributed by atoms with van der Waals surface area (Å²) in [5.41, 5.74) is 1.88. The number of amides is 1. The maximum absolute atomic E-state index is 12.0. The summed E-state index contributed by atoms with van der Waals surface area (Å²) in [7, 11) is 1.80. The second-order valence-corrected chi connectivity index (χ2v) is 5.04. The first-order valence-electron chi connectivity index (χ1n) is 7.17. The van der Waals surface area contributed by atoms with E-state index in [0.717, 1.165) is 12.2 Å². The number of anilines is 1. The van der Waals surface area contributed by atoms with Gasteiger partial charge in [0.05, 0.1) is 5.56 Å². The lowest BCUT2D eigenvalue weighted by Crippen LogP contribution is -2.25. The summed E-state index contributed by atoms with van der Waals surface area (Å²) in [5, 5.41) is 5.86. The van der Waals surface area contributed by atoms with Crippen molar-refractivity contribution in [3.05, 3.63) is 59.8 Å². The first-order valence-corrected chi connectivity index (χ1v) is 7.17. The fraction of sp³-hybridized carbons (Fsp3) is 0.294. The van der Waals surface area contributed by atoms with E-state index in [-0.39, 0.29) is 5.91 Å². The molecule has 0 bridgehead atoms. The van der Waals surface area contributed by atoms with Crippen molar-refractivity contribution in [2.75, 3.05) is 18.9 Å². The minimum atomic E-state index is -0.0783. The van der Waals surface area contributed by atoms with Crippen molar-refractivity contribution in [1.82, 2.24) is 10.3 Å².